The van der Waals surface area contributed by atoms with Gasteiger partial charge in [-0.1, -0.05) is 25.1 Å². The molecule has 1 aromatic rings. The summed E-state index contributed by atoms with van der Waals surface area (Å²) in [5, 5.41) is 3.11. The first-order valence-corrected chi connectivity index (χ1v) is 8.37. The molecule has 3 N–H and O–H groups in total. The third kappa shape index (κ3) is 4.31. The molecule has 0 saturated carbocycles. The quantitative estimate of drug-likeness (QED) is 0.879. The number of benzene rings is 1. The zero-order chi connectivity index (χ0) is 16.1. The first-order chi connectivity index (χ1) is 10.5. The molecule has 2 unspecified atom stereocenters. The Morgan fingerprint density at radius 2 is 2.27 bits per heavy atom. The highest BCUT2D eigenvalue weighted by molar-refractivity contribution is 5.93. The number of hydrogen-bond acceptors (Lipinski definition) is 3. The summed E-state index contributed by atoms with van der Waals surface area (Å²) in [6.07, 6.45) is 3.23. The molecule has 2 rings (SSSR count). The van der Waals surface area contributed by atoms with Gasteiger partial charge in [-0.05, 0) is 56.7 Å². The van der Waals surface area contributed by atoms with E-state index in [0.29, 0.717) is 12.5 Å². The standard InChI is InChI=1S/C18H29N3O/c1-4-15-8-5-7-13(2)18(15)20-17(22)12-21-10-6-9-16(11-21)14(3)19/h5,7-8,14,16H,4,6,9-12,19H2,1-3H3,(H,20,22). The molecular weight excluding hydrogens is 274 g/mol. The minimum absolute atomic E-state index is 0.0781. The molecule has 4 heteroatoms. The molecule has 1 heterocycles. The van der Waals surface area contributed by atoms with Crippen LogP contribution in [0.2, 0.25) is 0 Å². The molecule has 2 atom stereocenters. The first-order valence-electron chi connectivity index (χ1n) is 8.37. The molecule has 22 heavy (non-hydrogen) atoms. The fraction of sp³-hybridized carbons (Fsp3) is 0.611. The first kappa shape index (κ1) is 17.0. The average molecular weight is 303 g/mol. The summed E-state index contributed by atoms with van der Waals surface area (Å²) in [7, 11) is 0. The van der Waals surface area contributed by atoms with Gasteiger partial charge in [0, 0.05) is 18.3 Å². The van der Waals surface area contributed by atoms with Gasteiger partial charge in [0.1, 0.15) is 0 Å². The van der Waals surface area contributed by atoms with Gasteiger partial charge >= 0.3 is 0 Å². The highest BCUT2D eigenvalue weighted by Crippen LogP contribution is 2.22. The molecular formula is C18H29N3O. The van der Waals surface area contributed by atoms with Crippen LogP contribution < -0.4 is 11.1 Å². The lowest BCUT2D eigenvalue weighted by molar-refractivity contribution is -0.117. The Morgan fingerprint density at radius 3 is 2.95 bits per heavy atom. The Balaban J connectivity index is 1.96. The van der Waals surface area contributed by atoms with Crippen LogP contribution in [0, 0.1) is 12.8 Å². The number of nitrogens with two attached hydrogens (primary N) is 1. The maximum absolute atomic E-state index is 12.4. The Bertz CT molecular complexity index is 513. The van der Waals surface area contributed by atoms with Crippen LogP contribution in [0.25, 0.3) is 0 Å². The number of likely N-dealkylation sites (tertiary alicyclic amines) is 1. The third-order valence-corrected chi connectivity index (χ3v) is 4.66. The number of piperidine rings is 1. The fourth-order valence-electron chi connectivity index (χ4n) is 3.25. The van der Waals surface area contributed by atoms with E-state index < -0.39 is 0 Å². The number of nitrogens with one attached hydrogen (secondary N) is 1. The Hall–Kier alpha value is -1.39. The van der Waals surface area contributed by atoms with Gasteiger partial charge in [-0.3, -0.25) is 9.69 Å². The predicted octanol–water partition coefficient (Wildman–Crippen LogP) is 2.56. The van der Waals surface area contributed by atoms with E-state index in [-0.39, 0.29) is 11.9 Å². The van der Waals surface area contributed by atoms with E-state index in [2.05, 4.69) is 30.1 Å². The van der Waals surface area contributed by atoms with E-state index in [0.717, 1.165) is 37.2 Å². The SMILES string of the molecule is CCc1cccc(C)c1NC(=O)CN1CCCC(C(C)N)C1. The maximum Gasteiger partial charge on any atom is 0.238 e. The van der Waals surface area contributed by atoms with E-state index in [4.69, 9.17) is 5.73 Å². The molecule has 122 valence electrons. The van der Waals surface area contributed by atoms with Gasteiger partial charge in [-0.15, -0.1) is 0 Å². The number of anilines is 1. The van der Waals surface area contributed by atoms with Gasteiger partial charge in [0.15, 0.2) is 0 Å². The molecule has 1 amide bonds. The lowest BCUT2D eigenvalue weighted by Crippen LogP contribution is -2.45. The highest BCUT2D eigenvalue weighted by atomic mass is 16.2. The molecule has 0 spiro atoms. The van der Waals surface area contributed by atoms with E-state index in [1.165, 1.54) is 12.0 Å². The molecule has 1 saturated heterocycles. The van der Waals surface area contributed by atoms with Crippen LogP contribution >= 0.6 is 0 Å². The summed E-state index contributed by atoms with van der Waals surface area (Å²) < 4.78 is 0. The molecule has 1 fully saturated rings. The van der Waals surface area contributed by atoms with E-state index >= 15 is 0 Å². The lowest BCUT2D eigenvalue weighted by atomic mass is 9.92. The molecule has 1 aromatic carbocycles. The summed E-state index contributed by atoms with van der Waals surface area (Å²) in [5.41, 5.74) is 9.32. The van der Waals surface area contributed by atoms with Crippen molar-refractivity contribution in [2.24, 2.45) is 11.7 Å². The van der Waals surface area contributed by atoms with Crippen molar-refractivity contribution in [1.82, 2.24) is 4.90 Å². The third-order valence-electron chi connectivity index (χ3n) is 4.66. The van der Waals surface area contributed by atoms with Crippen LogP contribution in [-0.4, -0.2) is 36.5 Å². The van der Waals surface area contributed by atoms with Crippen molar-refractivity contribution >= 4 is 11.6 Å². The molecule has 0 bridgehead atoms. The van der Waals surface area contributed by atoms with E-state index in [1.54, 1.807) is 0 Å². The summed E-state index contributed by atoms with van der Waals surface area (Å²) in [4.78, 5) is 14.6. The van der Waals surface area contributed by atoms with Gasteiger partial charge in [-0.25, -0.2) is 0 Å². The molecule has 0 aromatic heterocycles. The number of aryl methyl sites for hydroxylation is 2. The normalized spacial score (nSPS) is 20.6. The van der Waals surface area contributed by atoms with Crippen molar-refractivity contribution in [2.75, 3.05) is 25.0 Å². The van der Waals surface area contributed by atoms with Crippen molar-refractivity contribution in [3.63, 3.8) is 0 Å². The van der Waals surface area contributed by atoms with Crippen molar-refractivity contribution < 1.29 is 4.79 Å². The minimum Gasteiger partial charge on any atom is -0.328 e. The second-order valence-corrected chi connectivity index (χ2v) is 6.51. The van der Waals surface area contributed by atoms with Crippen LogP contribution in [0.4, 0.5) is 5.69 Å². The van der Waals surface area contributed by atoms with Crippen LogP contribution in [0.1, 0.15) is 37.8 Å². The molecule has 0 aliphatic carbocycles. The predicted molar refractivity (Wildman–Crippen MR) is 92.0 cm³/mol. The zero-order valence-electron chi connectivity index (χ0n) is 14.1. The van der Waals surface area contributed by atoms with Crippen LogP contribution in [-0.2, 0) is 11.2 Å². The Morgan fingerprint density at radius 1 is 1.50 bits per heavy atom. The molecule has 4 nitrogen and oxygen atoms in total. The molecule has 1 aliphatic rings. The van der Waals surface area contributed by atoms with Gasteiger partial charge in [0.25, 0.3) is 0 Å². The number of para-hydroxylation sites is 1. The summed E-state index contributed by atoms with van der Waals surface area (Å²) in [5.74, 6) is 0.584. The fourth-order valence-corrected chi connectivity index (χ4v) is 3.25. The van der Waals surface area contributed by atoms with Crippen LogP contribution in [0.15, 0.2) is 18.2 Å². The van der Waals surface area contributed by atoms with Crippen molar-refractivity contribution in [3.05, 3.63) is 29.3 Å². The van der Waals surface area contributed by atoms with Crippen LogP contribution in [0.5, 0.6) is 0 Å². The minimum atomic E-state index is 0.0781. The van der Waals surface area contributed by atoms with Gasteiger partial charge in [0.05, 0.1) is 6.54 Å². The summed E-state index contributed by atoms with van der Waals surface area (Å²) in [6, 6.07) is 6.37. The summed E-state index contributed by atoms with van der Waals surface area (Å²) in [6.45, 7) is 8.60. The second kappa shape index (κ2) is 7.75. The van der Waals surface area contributed by atoms with E-state index in [9.17, 15) is 4.79 Å². The monoisotopic (exact) mass is 303 g/mol. The number of hydrogen-bond donors (Lipinski definition) is 2. The number of nitrogens with zero attached hydrogens (tertiary/aromatic N) is 1. The number of amides is 1. The number of rotatable bonds is 5. The van der Waals surface area contributed by atoms with Crippen molar-refractivity contribution in [3.8, 4) is 0 Å². The topological polar surface area (TPSA) is 58.4 Å². The maximum atomic E-state index is 12.4. The highest BCUT2D eigenvalue weighted by Gasteiger charge is 2.24. The van der Waals surface area contributed by atoms with Crippen molar-refractivity contribution in [1.29, 1.82) is 0 Å². The number of carbonyl (C=O) groups excluding carboxylic acids is 1. The van der Waals surface area contributed by atoms with Crippen LogP contribution in [0.3, 0.4) is 0 Å². The van der Waals surface area contributed by atoms with Crippen molar-refractivity contribution in [2.45, 2.75) is 46.1 Å². The van der Waals surface area contributed by atoms with Gasteiger partial charge in [-0.2, -0.15) is 0 Å². The average Bonchev–Trinajstić information content (AvgIpc) is 2.49. The second-order valence-electron chi connectivity index (χ2n) is 6.51. The smallest absolute Gasteiger partial charge is 0.238 e. The Labute approximate surface area is 134 Å². The zero-order valence-corrected chi connectivity index (χ0v) is 14.1. The van der Waals surface area contributed by atoms with E-state index in [1.807, 2.05) is 19.1 Å². The molecule has 1 aliphatic heterocycles. The molecule has 0 radical (unpaired) electrons. The largest absolute Gasteiger partial charge is 0.328 e. The lowest BCUT2D eigenvalue weighted by Gasteiger charge is -2.34. The number of carbonyl (C=O) groups is 1. The van der Waals surface area contributed by atoms with Gasteiger partial charge in [0.2, 0.25) is 5.91 Å². The summed E-state index contributed by atoms with van der Waals surface area (Å²) >= 11 is 0. The Kier molecular flexibility index (Phi) is 5.98. The van der Waals surface area contributed by atoms with Gasteiger partial charge < -0.3 is 11.1 Å².